The summed E-state index contributed by atoms with van der Waals surface area (Å²) in [6.07, 6.45) is 4.38. The molecule has 0 aliphatic carbocycles. The van der Waals surface area contributed by atoms with Crippen LogP contribution < -0.4 is 5.73 Å². The SMILES string of the molecule is CCC(CC)N(Cc1cn(CCN)nn1)CC(C)C. The summed E-state index contributed by atoms with van der Waals surface area (Å²) in [5.41, 5.74) is 6.57. The minimum absolute atomic E-state index is 0.602. The molecule has 0 unspecified atom stereocenters. The largest absolute Gasteiger partial charge is 0.329 e. The van der Waals surface area contributed by atoms with Crippen molar-refractivity contribution in [1.82, 2.24) is 19.9 Å². The zero-order valence-corrected chi connectivity index (χ0v) is 12.8. The summed E-state index contributed by atoms with van der Waals surface area (Å²) in [4.78, 5) is 2.53. The quantitative estimate of drug-likeness (QED) is 0.742. The third-order valence-electron chi connectivity index (χ3n) is 3.37. The van der Waals surface area contributed by atoms with Crippen LogP contribution in [0, 0.1) is 5.92 Å². The molecule has 1 rings (SSSR count). The molecule has 0 saturated heterocycles. The number of hydrogen-bond donors (Lipinski definition) is 1. The van der Waals surface area contributed by atoms with Gasteiger partial charge in [0.05, 0.1) is 12.2 Å². The Morgan fingerprint density at radius 2 is 2.00 bits per heavy atom. The highest BCUT2D eigenvalue weighted by Crippen LogP contribution is 2.14. The Hall–Kier alpha value is -0.940. The molecule has 0 aromatic carbocycles. The van der Waals surface area contributed by atoms with E-state index >= 15 is 0 Å². The molecule has 0 fully saturated rings. The Kier molecular flexibility index (Phi) is 7.02. The molecule has 0 aliphatic rings. The van der Waals surface area contributed by atoms with Gasteiger partial charge >= 0.3 is 0 Å². The van der Waals surface area contributed by atoms with Gasteiger partial charge in [0, 0.05) is 31.9 Å². The van der Waals surface area contributed by atoms with Crippen LogP contribution in [-0.4, -0.2) is 39.0 Å². The van der Waals surface area contributed by atoms with Gasteiger partial charge in [-0.3, -0.25) is 9.58 Å². The van der Waals surface area contributed by atoms with Gasteiger partial charge in [-0.2, -0.15) is 0 Å². The fourth-order valence-corrected chi connectivity index (χ4v) is 2.48. The predicted octanol–water partition coefficient (Wildman–Crippen LogP) is 1.88. The van der Waals surface area contributed by atoms with Gasteiger partial charge < -0.3 is 5.73 Å². The summed E-state index contributed by atoms with van der Waals surface area (Å²) in [6.45, 7) is 12.4. The first-order valence-corrected chi connectivity index (χ1v) is 7.43. The fourth-order valence-electron chi connectivity index (χ4n) is 2.48. The first-order valence-electron chi connectivity index (χ1n) is 7.43. The lowest BCUT2D eigenvalue weighted by Crippen LogP contribution is -2.36. The maximum atomic E-state index is 5.53. The van der Waals surface area contributed by atoms with Crippen LogP contribution in [0.3, 0.4) is 0 Å². The Morgan fingerprint density at radius 3 is 2.53 bits per heavy atom. The molecule has 0 saturated carbocycles. The zero-order valence-electron chi connectivity index (χ0n) is 12.8. The van der Waals surface area contributed by atoms with E-state index in [9.17, 15) is 0 Å². The zero-order chi connectivity index (χ0) is 14.3. The highest BCUT2D eigenvalue weighted by atomic mass is 15.4. The van der Waals surface area contributed by atoms with Crippen molar-refractivity contribution >= 4 is 0 Å². The van der Waals surface area contributed by atoms with E-state index < -0.39 is 0 Å². The Labute approximate surface area is 117 Å². The molecule has 0 atom stereocenters. The van der Waals surface area contributed by atoms with Crippen molar-refractivity contribution in [3.63, 3.8) is 0 Å². The summed E-state index contributed by atoms with van der Waals surface area (Å²) in [5, 5.41) is 8.36. The van der Waals surface area contributed by atoms with Crippen LogP contribution in [0.1, 0.15) is 46.2 Å². The van der Waals surface area contributed by atoms with Crippen LogP contribution >= 0.6 is 0 Å². The fraction of sp³-hybridized carbons (Fsp3) is 0.857. The van der Waals surface area contributed by atoms with Gasteiger partial charge in [0.2, 0.25) is 0 Å². The number of nitrogens with two attached hydrogens (primary N) is 1. The number of rotatable bonds is 9. The van der Waals surface area contributed by atoms with E-state index in [0.29, 0.717) is 18.5 Å². The average Bonchev–Trinajstić information content (AvgIpc) is 2.78. The molecule has 5 nitrogen and oxygen atoms in total. The lowest BCUT2D eigenvalue weighted by molar-refractivity contribution is 0.155. The molecule has 5 heteroatoms. The lowest BCUT2D eigenvalue weighted by Gasteiger charge is -2.31. The minimum Gasteiger partial charge on any atom is -0.329 e. The van der Waals surface area contributed by atoms with E-state index in [0.717, 1.165) is 25.3 Å². The van der Waals surface area contributed by atoms with Crippen LogP contribution in [0.15, 0.2) is 6.20 Å². The Morgan fingerprint density at radius 1 is 1.32 bits per heavy atom. The van der Waals surface area contributed by atoms with Crippen molar-refractivity contribution < 1.29 is 0 Å². The molecule has 0 radical (unpaired) electrons. The number of hydrogen-bond acceptors (Lipinski definition) is 4. The van der Waals surface area contributed by atoms with E-state index in [1.807, 2.05) is 10.9 Å². The van der Waals surface area contributed by atoms with Crippen molar-refractivity contribution in [1.29, 1.82) is 0 Å². The molecule has 0 amide bonds. The van der Waals surface area contributed by atoms with Crippen LogP contribution in [0.2, 0.25) is 0 Å². The Balaban J connectivity index is 2.69. The highest BCUT2D eigenvalue weighted by Gasteiger charge is 2.17. The van der Waals surface area contributed by atoms with Crippen LogP contribution in [-0.2, 0) is 13.1 Å². The van der Waals surface area contributed by atoms with Gasteiger partial charge in [-0.15, -0.1) is 5.10 Å². The second-order valence-corrected chi connectivity index (χ2v) is 5.56. The topological polar surface area (TPSA) is 60.0 Å². The van der Waals surface area contributed by atoms with Gasteiger partial charge in [-0.05, 0) is 18.8 Å². The maximum absolute atomic E-state index is 5.53. The smallest absolute Gasteiger partial charge is 0.0967 e. The van der Waals surface area contributed by atoms with Crippen LogP contribution in [0.5, 0.6) is 0 Å². The highest BCUT2D eigenvalue weighted by molar-refractivity contribution is 4.93. The van der Waals surface area contributed by atoms with Gasteiger partial charge in [0.15, 0.2) is 0 Å². The molecule has 110 valence electrons. The van der Waals surface area contributed by atoms with Gasteiger partial charge in [-0.25, -0.2) is 0 Å². The van der Waals surface area contributed by atoms with Crippen LogP contribution in [0.25, 0.3) is 0 Å². The van der Waals surface area contributed by atoms with Crippen molar-refractivity contribution in [2.75, 3.05) is 13.1 Å². The molecule has 2 N–H and O–H groups in total. The third-order valence-corrected chi connectivity index (χ3v) is 3.37. The van der Waals surface area contributed by atoms with Crippen LogP contribution in [0.4, 0.5) is 0 Å². The molecule has 1 aromatic heterocycles. The lowest BCUT2D eigenvalue weighted by atomic mass is 10.1. The maximum Gasteiger partial charge on any atom is 0.0967 e. The summed E-state index contributed by atoms with van der Waals surface area (Å²) in [6, 6.07) is 0.627. The standard InChI is InChI=1S/C14H29N5/c1-5-14(6-2)18(9-12(3)4)10-13-11-19(8-7-15)17-16-13/h11-12,14H,5-10,15H2,1-4H3. The van der Waals surface area contributed by atoms with E-state index in [1.54, 1.807) is 0 Å². The molecular weight excluding hydrogens is 238 g/mol. The van der Waals surface area contributed by atoms with Gasteiger partial charge in [0.25, 0.3) is 0 Å². The second kappa shape index (κ2) is 8.27. The molecular formula is C14H29N5. The molecule has 1 heterocycles. The predicted molar refractivity (Wildman–Crippen MR) is 78.7 cm³/mol. The van der Waals surface area contributed by atoms with E-state index in [2.05, 4.69) is 42.9 Å². The minimum atomic E-state index is 0.602. The normalized spacial score (nSPS) is 12.0. The average molecular weight is 267 g/mol. The Bertz CT molecular complexity index is 343. The van der Waals surface area contributed by atoms with Gasteiger partial charge in [0.1, 0.15) is 0 Å². The molecule has 1 aromatic rings. The first-order chi connectivity index (χ1) is 9.10. The molecule has 0 spiro atoms. The second-order valence-electron chi connectivity index (χ2n) is 5.56. The summed E-state index contributed by atoms with van der Waals surface area (Å²) >= 11 is 0. The van der Waals surface area contributed by atoms with E-state index in [4.69, 9.17) is 5.73 Å². The summed E-state index contributed by atoms with van der Waals surface area (Å²) < 4.78 is 1.83. The van der Waals surface area contributed by atoms with Crippen molar-refractivity contribution in [2.24, 2.45) is 11.7 Å². The van der Waals surface area contributed by atoms with E-state index in [-0.39, 0.29) is 0 Å². The van der Waals surface area contributed by atoms with E-state index in [1.165, 1.54) is 12.8 Å². The van der Waals surface area contributed by atoms with Crippen molar-refractivity contribution in [3.8, 4) is 0 Å². The number of nitrogens with zero attached hydrogens (tertiary/aromatic N) is 4. The molecule has 0 bridgehead atoms. The van der Waals surface area contributed by atoms with Gasteiger partial charge in [-0.1, -0.05) is 32.9 Å². The summed E-state index contributed by atoms with van der Waals surface area (Å²) in [5.74, 6) is 0.666. The summed E-state index contributed by atoms with van der Waals surface area (Å²) in [7, 11) is 0. The molecule has 0 aliphatic heterocycles. The van der Waals surface area contributed by atoms with Crippen molar-refractivity contribution in [3.05, 3.63) is 11.9 Å². The van der Waals surface area contributed by atoms with Crippen molar-refractivity contribution in [2.45, 2.75) is 59.7 Å². The number of aromatic nitrogens is 3. The molecule has 19 heavy (non-hydrogen) atoms. The third kappa shape index (κ3) is 5.28. The first kappa shape index (κ1) is 16.1. The monoisotopic (exact) mass is 267 g/mol.